The van der Waals surface area contributed by atoms with Crippen LogP contribution in [0.5, 0.6) is 0 Å². The highest BCUT2D eigenvalue weighted by Gasteiger charge is 2.81. The lowest BCUT2D eigenvalue weighted by atomic mass is 9.62. The maximum atomic E-state index is 12.6. The van der Waals surface area contributed by atoms with Crippen molar-refractivity contribution in [3.63, 3.8) is 0 Å². The lowest BCUT2D eigenvalue weighted by molar-refractivity contribution is -0.213. The van der Waals surface area contributed by atoms with E-state index in [0.29, 0.717) is 18.4 Å². The van der Waals surface area contributed by atoms with Gasteiger partial charge >= 0.3 is 11.9 Å². The van der Waals surface area contributed by atoms with Gasteiger partial charge in [0.25, 0.3) is 0 Å². The highest BCUT2D eigenvalue weighted by atomic mass is 16.6. The van der Waals surface area contributed by atoms with Crippen molar-refractivity contribution in [2.45, 2.75) is 89.8 Å². The number of hydrogen-bond donors (Lipinski definition) is 4. The van der Waals surface area contributed by atoms with Crippen LogP contribution in [0.15, 0.2) is 23.3 Å². The summed E-state index contributed by atoms with van der Waals surface area (Å²) in [5, 5.41) is 45.4. The summed E-state index contributed by atoms with van der Waals surface area (Å²) >= 11 is 0. The molecule has 184 valence electrons. The van der Waals surface area contributed by atoms with E-state index in [2.05, 4.69) is 0 Å². The zero-order chi connectivity index (χ0) is 24.6. The molecule has 2 saturated carbocycles. The summed E-state index contributed by atoms with van der Waals surface area (Å²) in [6, 6.07) is 0. The molecule has 0 amide bonds. The minimum absolute atomic E-state index is 0.155. The second-order valence-electron chi connectivity index (χ2n) is 10.9. The number of carbonyl (C=O) groups excluding carboxylic acids is 2. The zero-order valence-corrected chi connectivity index (χ0v) is 20.0. The summed E-state index contributed by atoms with van der Waals surface area (Å²) in [7, 11) is 0. The number of aliphatic hydroxyl groups is 4. The molecule has 1 unspecified atom stereocenters. The Kier molecular flexibility index (Phi) is 5.64. The van der Waals surface area contributed by atoms with E-state index in [4.69, 9.17) is 9.47 Å². The number of carbonyl (C=O) groups is 2. The lowest BCUT2D eigenvalue weighted by Crippen LogP contribution is -2.64. The number of aliphatic hydroxyl groups excluding tert-OH is 3. The van der Waals surface area contributed by atoms with Gasteiger partial charge in [0, 0.05) is 30.6 Å². The van der Waals surface area contributed by atoms with Crippen LogP contribution in [0.2, 0.25) is 0 Å². The third kappa shape index (κ3) is 2.97. The summed E-state index contributed by atoms with van der Waals surface area (Å²) in [6.07, 6.45) is 0.977. The quantitative estimate of drug-likeness (QED) is 0.354. The predicted octanol–water partition coefficient (Wildman–Crippen LogP) is 1.40. The maximum Gasteiger partial charge on any atom is 0.306 e. The molecule has 4 rings (SSSR count). The molecule has 8 atom stereocenters. The Labute approximate surface area is 194 Å². The summed E-state index contributed by atoms with van der Waals surface area (Å²) < 4.78 is 11.6. The molecule has 0 heterocycles. The van der Waals surface area contributed by atoms with Crippen LogP contribution < -0.4 is 0 Å². The number of esters is 2. The van der Waals surface area contributed by atoms with Gasteiger partial charge in [-0.2, -0.15) is 0 Å². The van der Waals surface area contributed by atoms with E-state index in [1.807, 2.05) is 20.8 Å². The third-order valence-electron chi connectivity index (χ3n) is 8.91. The molecule has 8 nitrogen and oxygen atoms in total. The number of hydrogen-bond acceptors (Lipinski definition) is 8. The first-order valence-electron chi connectivity index (χ1n) is 11.8. The molecule has 4 N–H and O–H groups in total. The molecule has 2 fully saturated rings. The van der Waals surface area contributed by atoms with E-state index >= 15 is 0 Å². The molecule has 0 aromatic carbocycles. The Bertz CT molecular complexity index is 921. The third-order valence-corrected chi connectivity index (χ3v) is 8.91. The molecule has 0 saturated heterocycles. The van der Waals surface area contributed by atoms with Gasteiger partial charge in [0.15, 0.2) is 6.10 Å². The largest absolute Gasteiger partial charge is 0.458 e. The van der Waals surface area contributed by atoms with Crippen molar-refractivity contribution in [2.75, 3.05) is 6.61 Å². The Morgan fingerprint density at radius 2 is 1.88 bits per heavy atom. The molecule has 0 aliphatic heterocycles. The first kappa shape index (κ1) is 24.4. The van der Waals surface area contributed by atoms with Crippen molar-refractivity contribution in [2.24, 2.45) is 22.7 Å². The van der Waals surface area contributed by atoms with Gasteiger partial charge in [-0.1, -0.05) is 32.9 Å². The summed E-state index contributed by atoms with van der Waals surface area (Å²) in [6.45, 7) is 8.28. The van der Waals surface area contributed by atoms with Crippen molar-refractivity contribution in [3.05, 3.63) is 23.3 Å². The van der Waals surface area contributed by atoms with Crippen molar-refractivity contribution in [1.29, 1.82) is 0 Å². The molecule has 33 heavy (non-hydrogen) atoms. The molecule has 8 heteroatoms. The molecule has 1 spiro atoms. The Hall–Kier alpha value is -1.74. The van der Waals surface area contributed by atoms with Gasteiger partial charge in [-0.3, -0.25) is 9.59 Å². The average Bonchev–Trinajstić information content (AvgIpc) is 3.16. The van der Waals surface area contributed by atoms with Crippen molar-refractivity contribution < 1.29 is 39.5 Å². The van der Waals surface area contributed by atoms with Gasteiger partial charge < -0.3 is 29.9 Å². The fourth-order valence-electron chi connectivity index (χ4n) is 7.37. The SMILES string of the molecule is CCCC(=O)O[C@@]12CC[C@]34C=C(C)[C@H](OC(C)=O)[C@@]3(O)[C@H](O)C(CO)=C[C@H](C4O)[C@@H]1C2(C)C. The monoisotopic (exact) mass is 464 g/mol. The van der Waals surface area contributed by atoms with E-state index < -0.39 is 58.8 Å². The van der Waals surface area contributed by atoms with Crippen LogP contribution in [0, 0.1) is 22.7 Å². The highest BCUT2D eigenvalue weighted by molar-refractivity contribution is 5.71. The van der Waals surface area contributed by atoms with Crippen LogP contribution in [0.4, 0.5) is 0 Å². The Morgan fingerprint density at radius 3 is 2.45 bits per heavy atom. The molecular weight excluding hydrogens is 428 g/mol. The molecule has 0 radical (unpaired) electrons. The Balaban J connectivity index is 1.88. The minimum Gasteiger partial charge on any atom is -0.458 e. The summed E-state index contributed by atoms with van der Waals surface area (Å²) in [4.78, 5) is 24.5. The van der Waals surface area contributed by atoms with Crippen LogP contribution >= 0.6 is 0 Å². The van der Waals surface area contributed by atoms with Crippen LogP contribution in [-0.4, -0.2) is 68.5 Å². The van der Waals surface area contributed by atoms with Gasteiger partial charge in [-0.15, -0.1) is 0 Å². The molecule has 0 aromatic heterocycles. The maximum absolute atomic E-state index is 12.6. The fraction of sp³-hybridized carbons (Fsp3) is 0.760. The van der Waals surface area contributed by atoms with Crippen molar-refractivity contribution in [3.8, 4) is 0 Å². The average molecular weight is 465 g/mol. The smallest absolute Gasteiger partial charge is 0.306 e. The topological polar surface area (TPSA) is 134 Å². The number of rotatable bonds is 5. The second kappa shape index (κ2) is 7.63. The summed E-state index contributed by atoms with van der Waals surface area (Å²) in [5.74, 6) is -1.79. The van der Waals surface area contributed by atoms with E-state index in [9.17, 15) is 30.0 Å². The molecule has 2 bridgehead atoms. The van der Waals surface area contributed by atoms with Crippen LogP contribution in [0.3, 0.4) is 0 Å². The second-order valence-corrected chi connectivity index (χ2v) is 10.9. The normalized spacial score (nSPS) is 44.9. The Morgan fingerprint density at radius 1 is 1.21 bits per heavy atom. The first-order valence-corrected chi connectivity index (χ1v) is 11.8. The zero-order valence-electron chi connectivity index (χ0n) is 20.0. The van der Waals surface area contributed by atoms with Crippen LogP contribution in [-0.2, 0) is 19.1 Å². The van der Waals surface area contributed by atoms with Crippen molar-refractivity contribution >= 4 is 11.9 Å². The van der Waals surface area contributed by atoms with Crippen LogP contribution in [0.25, 0.3) is 0 Å². The van der Waals surface area contributed by atoms with Crippen molar-refractivity contribution in [1.82, 2.24) is 0 Å². The standard InChI is InChI=1S/C25H36O8/c1-6-7-17(28)33-24-9-8-23-11-13(2)21(32-14(3)27)25(23,31)19(29)15(12-26)10-16(20(23)30)18(24)22(24,4)5/h10-11,16,18-21,26,29-31H,6-9,12H2,1-5H3/t16-,18+,19+,20?,21-,23+,24-,25-/m0/s1. The van der Waals surface area contributed by atoms with Gasteiger partial charge in [0.2, 0.25) is 0 Å². The van der Waals surface area contributed by atoms with E-state index in [-0.39, 0.29) is 30.3 Å². The molecular formula is C25H36O8. The number of fused-ring (bicyclic) bond motifs is 3. The van der Waals surface area contributed by atoms with E-state index in [1.165, 1.54) is 6.92 Å². The highest BCUT2D eigenvalue weighted by Crippen LogP contribution is 2.75. The van der Waals surface area contributed by atoms with Gasteiger partial charge in [-0.05, 0) is 37.3 Å². The minimum atomic E-state index is -2.08. The predicted molar refractivity (Wildman–Crippen MR) is 118 cm³/mol. The van der Waals surface area contributed by atoms with Gasteiger partial charge in [-0.25, -0.2) is 0 Å². The van der Waals surface area contributed by atoms with Crippen LogP contribution in [0.1, 0.15) is 60.3 Å². The molecule has 4 aliphatic carbocycles. The van der Waals surface area contributed by atoms with Gasteiger partial charge in [0.05, 0.1) is 18.1 Å². The molecule has 0 aromatic rings. The molecule has 4 aliphatic rings. The van der Waals surface area contributed by atoms with Gasteiger partial charge in [0.1, 0.15) is 17.3 Å². The lowest BCUT2D eigenvalue weighted by Gasteiger charge is -2.49. The number of ether oxygens (including phenoxy) is 2. The fourth-order valence-corrected chi connectivity index (χ4v) is 7.37. The first-order chi connectivity index (χ1) is 15.3. The summed E-state index contributed by atoms with van der Waals surface area (Å²) in [5.41, 5.74) is -4.04. The van der Waals surface area contributed by atoms with E-state index in [1.54, 1.807) is 19.1 Å². The van der Waals surface area contributed by atoms with E-state index in [0.717, 1.165) is 0 Å².